The maximum absolute atomic E-state index is 12.8. The first-order valence-electron chi connectivity index (χ1n) is 8.67. The number of pyridine rings is 1. The van der Waals surface area contributed by atoms with E-state index in [-0.39, 0.29) is 12.0 Å². The number of aromatic nitrogens is 3. The molecule has 7 heteroatoms. The zero-order valence-corrected chi connectivity index (χ0v) is 14.1. The molecule has 0 N–H and O–H groups in total. The average molecular weight is 342 g/mol. The van der Waals surface area contributed by atoms with Gasteiger partial charge in [0.05, 0.1) is 32.4 Å². The highest BCUT2D eigenvalue weighted by Crippen LogP contribution is 2.34. The van der Waals surface area contributed by atoms with E-state index in [4.69, 9.17) is 9.47 Å². The van der Waals surface area contributed by atoms with Gasteiger partial charge in [0.1, 0.15) is 11.3 Å². The van der Waals surface area contributed by atoms with Gasteiger partial charge in [0.25, 0.3) is 5.91 Å². The molecule has 2 unspecified atom stereocenters. The van der Waals surface area contributed by atoms with Crippen LogP contribution in [-0.2, 0) is 16.0 Å². The highest BCUT2D eigenvalue weighted by Gasteiger charge is 2.44. The molecule has 4 heterocycles. The van der Waals surface area contributed by atoms with Crippen LogP contribution >= 0.6 is 0 Å². The number of nitrogens with zero attached hydrogens (tertiary/aromatic N) is 4. The molecule has 1 amide bonds. The van der Waals surface area contributed by atoms with Crippen LogP contribution < -0.4 is 0 Å². The Balaban J connectivity index is 1.46. The van der Waals surface area contributed by atoms with Crippen molar-refractivity contribution in [2.24, 2.45) is 0 Å². The molecule has 2 atom stereocenters. The van der Waals surface area contributed by atoms with E-state index in [0.29, 0.717) is 32.0 Å². The summed E-state index contributed by atoms with van der Waals surface area (Å²) in [6, 6.07) is 7.30. The molecule has 2 aromatic rings. The maximum atomic E-state index is 12.8. The van der Waals surface area contributed by atoms with Gasteiger partial charge in [0.2, 0.25) is 0 Å². The van der Waals surface area contributed by atoms with E-state index in [2.05, 4.69) is 10.1 Å². The van der Waals surface area contributed by atoms with Gasteiger partial charge in [0.15, 0.2) is 0 Å². The molecule has 2 aliphatic heterocycles. The second-order valence-corrected chi connectivity index (χ2v) is 6.68. The summed E-state index contributed by atoms with van der Waals surface area (Å²) in [6.45, 7) is 2.87. The topological polar surface area (TPSA) is 69.5 Å². The highest BCUT2D eigenvalue weighted by molar-refractivity contribution is 5.92. The average Bonchev–Trinajstić information content (AvgIpc) is 3.23. The highest BCUT2D eigenvalue weighted by atomic mass is 16.6. The first-order valence-corrected chi connectivity index (χ1v) is 8.67. The van der Waals surface area contributed by atoms with Crippen LogP contribution in [0.5, 0.6) is 0 Å². The van der Waals surface area contributed by atoms with Crippen LogP contribution in [0.15, 0.2) is 42.9 Å². The molecule has 2 aromatic heterocycles. The van der Waals surface area contributed by atoms with E-state index in [1.807, 2.05) is 34.0 Å². The minimum absolute atomic E-state index is 0.0652. The molecular weight excluding hydrogens is 320 g/mol. The molecular formula is C18H22N4O3. The first-order chi connectivity index (χ1) is 12.2. The largest absolute Gasteiger partial charge is 0.377 e. The number of amides is 1. The zero-order valence-electron chi connectivity index (χ0n) is 14.1. The fraction of sp³-hybridized carbons (Fsp3) is 0.500. The maximum Gasteiger partial charge on any atom is 0.272 e. The molecule has 4 rings (SSSR count). The van der Waals surface area contributed by atoms with Crippen LogP contribution in [0.4, 0.5) is 0 Å². The van der Waals surface area contributed by atoms with E-state index < -0.39 is 5.60 Å². The molecule has 132 valence electrons. The number of ether oxygens (including phenoxy) is 2. The number of hydrogen-bond donors (Lipinski definition) is 0. The van der Waals surface area contributed by atoms with Crippen molar-refractivity contribution in [2.45, 2.75) is 31.1 Å². The third-order valence-corrected chi connectivity index (χ3v) is 4.81. The minimum Gasteiger partial charge on any atom is -0.377 e. The summed E-state index contributed by atoms with van der Waals surface area (Å²) in [7, 11) is 0. The molecule has 0 aromatic carbocycles. The van der Waals surface area contributed by atoms with Crippen molar-refractivity contribution >= 4 is 5.91 Å². The summed E-state index contributed by atoms with van der Waals surface area (Å²) in [4.78, 5) is 18.8. The fourth-order valence-corrected chi connectivity index (χ4v) is 3.59. The van der Waals surface area contributed by atoms with Crippen molar-refractivity contribution in [3.05, 3.63) is 48.5 Å². The monoisotopic (exact) mass is 342 g/mol. The van der Waals surface area contributed by atoms with Gasteiger partial charge in [-0.3, -0.25) is 14.5 Å². The summed E-state index contributed by atoms with van der Waals surface area (Å²) in [6.07, 6.45) is 7.26. The first kappa shape index (κ1) is 16.2. The van der Waals surface area contributed by atoms with Gasteiger partial charge < -0.3 is 14.4 Å². The second-order valence-electron chi connectivity index (χ2n) is 6.68. The van der Waals surface area contributed by atoms with Crippen LogP contribution in [-0.4, -0.2) is 63.6 Å². The van der Waals surface area contributed by atoms with Gasteiger partial charge in [-0.1, -0.05) is 6.07 Å². The zero-order chi connectivity index (χ0) is 17.1. The van der Waals surface area contributed by atoms with Gasteiger partial charge in [-0.2, -0.15) is 5.10 Å². The molecule has 0 aliphatic carbocycles. The lowest BCUT2D eigenvalue weighted by Gasteiger charge is -2.31. The Morgan fingerprint density at radius 1 is 1.32 bits per heavy atom. The van der Waals surface area contributed by atoms with Crippen LogP contribution in [0.1, 0.15) is 23.3 Å². The van der Waals surface area contributed by atoms with E-state index in [0.717, 1.165) is 19.4 Å². The Morgan fingerprint density at radius 3 is 3.08 bits per heavy atom. The Morgan fingerprint density at radius 2 is 2.28 bits per heavy atom. The third kappa shape index (κ3) is 3.57. The van der Waals surface area contributed by atoms with Gasteiger partial charge in [-0.05, 0) is 31.0 Å². The summed E-state index contributed by atoms with van der Waals surface area (Å²) in [5, 5.41) is 4.25. The van der Waals surface area contributed by atoms with E-state index in [1.165, 1.54) is 0 Å². The normalized spacial score (nSPS) is 26.7. The number of hydrogen-bond acceptors (Lipinski definition) is 5. The van der Waals surface area contributed by atoms with Crippen LogP contribution in [0.3, 0.4) is 0 Å². The molecule has 0 radical (unpaired) electrons. The van der Waals surface area contributed by atoms with Crippen molar-refractivity contribution in [3.63, 3.8) is 0 Å². The van der Waals surface area contributed by atoms with Crippen molar-refractivity contribution in [1.82, 2.24) is 19.7 Å². The standard InChI is InChI=1S/C18H22N4O3/c23-17(16-4-1-2-7-19-16)21-10-11-24-14-18(13-21)6-5-15(25-18)12-22-9-3-8-20-22/h1-4,7-9,15H,5-6,10-14H2. The smallest absolute Gasteiger partial charge is 0.272 e. The minimum atomic E-state index is -0.432. The lowest BCUT2D eigenvalue weighted by Crippen LogP contribution is -2.47. The fourth-order valence-electron chi connectivity index (χ4n) is 3.59. The Hall–Kier alpha value is -2.25. The van der Waals surface area contributed by atoms with Crippen LogP contribution in [0.2, 0.25) is 0 Å². The number of carbonyl (C=O) groups excluding carboxylic acids is 1. The predicted molar refractivity (Wildman–Crippen MR) is 90.0 cm³/mol. The van der Waals surface area contributed by atoms with Crippen molar-refractivity contribution in [2.75, 3.05) is 26.3 Å². The van der Waals surface area contributed by atoms with Crippen LogP contribution in [0.25, 0.3) is 0 Å². The predicted octanol–water partition coefficient (Wildman–Crippen LogP) is 1.37. The lowest BCUT2D eigenvalue weighted by atomic mass is 10.00. The van der Waals surface area contributed by atoms with Gasteiger partial charge in [-0.15, -0.1) is 0 Å². The van der Waals surface area contributed by atoms with Crippen molar-refractivity contribution in [3.8, 4) is 0 Å². The Kier molecular flexibility index (Phi) is 4.50. The summed E-state index contributed by atoms with van der Waals surface area (Å²) >= 11 is 0. The molecule has 2 aliphatic rings. The van der Waals surface area contributed by atoms with Crippen LogP contribution in [0, 0.1) is 0 Å². The molecule has 0 bridgehead atoms. The summed E-state index contributed by atoms with van der Waals surface area (Å²) in [5.74, 6) is -0.0652. The Bertz CT molecular complexity index is 706. The molecule has 2 saturated heterocycles. The summed E-state index contributed by atoms with van der Waals surface area (Å²) < 4.78 is 14.0. The van der Waals surface area contributed by atoms with Crippen molar-refractivity contribution in [1.29, 1.82) is 0 Å². The molecule has 2 fully saturated rings. The van der Waals surface area contributed by atoms with Gasteiger partial charge in [-0.25, -0.2) is 0 Å². The molecule has 0 saturated carbocycles. The quantitative estimate of drug-likeness (QED) is 0.843. The van der Waals surface area contributed by atoms with Gasteiger partial charge in [0, 0.05) is 25.1 Å². The van der Waals surface area contributed by atoms with E-state index >= 15 is 0 Å². The molecule has 1 spiro atoms. The summed E-state index contributed by atoms with van der Waals surface area (Å²) in [5.41, 5.74) is 0.0318. The SMILES string of the molecule is O=C(c1ccccn1)N1CCOCC2(CCC(Cn3cccn3)O2)C1. The van der Waals surface area contributed by atoms with E-state index in [9.17, 15) is 4.79 Å². The van der Waals surface area contributed by atoms with Crippen molar-refractivity contribution < 1.29 is 14.3 Å². The number of rotatable bonds is 3. The molecule has 7 nitrogen and oxygen atoms in total. The molecule has 25 heavy (non-hydrogen) atoms. The van der Waals surface area contributed by atoms with Gasteiger partial charge >= 0.3 is 0 Å². The third-order valence-electron chi connectivity index (χ3n) is 4.81. The van der Waals surface area contributed by atoms with E-state index in [1.54, 1.807) is 18.5 Å². The lowest BCUT2D eigenvalue weighted by molar-refractivity contribution is -0.0881. The second kappa shape index (κ2) is 6.93. The Labute approximate surface area is 146 Å². The number of carbonyl (C=O) groups is 1.